The zero-order chi connectivity index (χ0) is 22.2. The second kappa shape index (κ2) is 11.2. The first-order valence-electron chi connectivity index (χ1n) is 11.8. The Hall–Kier alpha value is -2.82. The van der Waals surface area contributed by atoms with Crippen molar-refractivity contribution in [1.82, 2.24) is 10.2 Å². The average Bonchev–Trinajstić information content (AvgIpc) is 3.12. The maximum absolute atomic E-state index is 5.95. The molecule has 1 unspecified atom stereocenters. The van der Waals surface area contributed by atoms with Gasteiger partial charge in [-0.3, -0.25) is 4.90 Å². The number of ether oxygens (including phenoxy) is 2. The minimum absolute atomic E-state index is 0.176. The van der Waals surface area contributed by atoms with Gasteiger partial charge < -0.3 is 14.8 Å². The van der Waals surface area contributed by atoms with Gasteiger partial charge in [-0.2, -0.15) is 0 Å². The zero-order valence-corrected chi connectivity index (χ0v) is 19.2. The molecule has 3 aromatic rings. The Morgan fingerprint density at radius 2 is 1.44 bits per heavy atom. The van der Waals surface area contributed by atoms with E-state index in [-0.39, 0.29) is 6.04 Å². The van der Waals surface area contributed by atoms with Gasteiger partial charge in [0, 0.05) is 19.6 Å². The van der Waals surface area contributed by atoms with E-state index in [0.717, 1.165) is 44.1 Å². The Kier molecular flexibility index (Phi) is 7.81. The summed E-state index contributed by atoms with van der Waals surface area (Å²) >= 11 is 0. The third-order valence-corrected chi connectivity index (χ3v) is 5.96. The van der Waals surface area contributed by atoms with Gasteiger partial charge in [-0.05, 0) is 61.2 Å². The molecule has 0 bridgehead atoms. The molecule has 0 spiro atoms. The molecule has 1 heterocycles. The molecule has 4 nitrogen and oxygen atoms in total. The molecule has 0 saturated carbocycles. The molecule has 0 aromatic heterocycles. The van der Waals surface area contributed by atoms with Crippen LogP contribution >= 0.6 is 0 Å². The fraction of sp³-hybridized carbons (Fsp3) is 0.357. The topological polar surface area (TPSA) is 33.7 Å². The summed E-state index contributed by atoms with van der Waals surface area (Å²) < 4.78 is 11.8. The minimum Gasteiger partial charge on any atom is -0.490 e. The monoisotopic (exact) mass is 430 g/mol. The second-order valence-corrected chi connectivity index (χ2v) is 8.10. The van der Waals surface area contributed by atoms with Crippen LogP contribution in [0.4, 0.5) is 0 Å². The Balaban J connectivity index is 1.71. The standard InChI is InChI=1S/C28H34N2O2/c1-3-31-26-16-15-25(21-27(26)32-4-2)28(30-19-8-17-29-18-20-30)24-13-11-23(12-14-24)22-9-6-5-7-10-22/h5-7,9-16,21,28-29H,3-4,8,17-20H2,1-2H3. The van der Waals surface area contributed by atoms with Crippen molar-refractivity contribution < 1.29 is 9.47 Å². The molecular formula is C28H34N2O2. The van der Waals surface area contributed by atoms with Crippen LogP contribution in [-0.4, -0.2) is 44.3 Å². The molecule has 1 aliphatic heterocycles. The van der Waals surface area contributed by atoms with E-state index in [2.05, 4.69) is 83.0 Å². The van der Waals surface area contributed by atoms with E-state index in [1.165, 1.54) is 22.3 Å². The van der Waals surface area contributed by atoms with E-state index < -0.39 is 0 Å². The van der Waals surface area contributed by atoms with Crippen molar-refractivity contribution in [2.24, 2.45) is 0 Å². The van der Waals surface area contributed by atoms with Gasteiger partial charge in [0.15, 0.2) is 11.5 Å². The highest BCUT2D eigenvalue weighted by Gasteiger charge is 2.24. The molecular weight excluding hydrogens is 396 g/mol. The van der Waals surface area contributed by atoms with E-state index in [9.17, 15) is 0 Å². The highest BCUT2D eigenvalue weighted by atomic mass is 16.5. The van der Waals surface area contributed by atoms with Crippen LogP contribution in [0.3, 0.4) is 0 Å². The first kappa shape index (κ1) is 22.4. The van der Waals surface area contributed by atoms with Gasteiger partial charge in [-0.1, -0.05) is 60.7 Å². The quantitative estimate of drug-likeness (QED) is 0.509. The van der Waals surface area contributed by atoms with Crippen LogP contribution < -0.4 is 14.8 Å². The van der Waals surface area contributed by atoms with Crippen molar-refractivity contribution in [3.63, 3.8) is 0 Å². The molecule has 168 valence electrons. The van der Waals surface area contributed by atoms with Gasteiger partial charge in [0.1, 0.15) is 0 Å². The summed E-state index contributed by atoms with van der Waals surface area (Å²) in [4.78, 5) is 2.59. The van der Waals surface area contributed by atoms with Crippen molar-refractivity contribution in [3.05, 3.63) is 83.9 Å². The number of rotatable bonds is 8. The molecule has 4 rings (SSSR count). The molecule has 4 heteroatoms. The lowest BCUT2D eigenvalue weighted by molar-refractivity contribution is 0.239. The maximum Gasteiger partial charge on any atom is 0.161 e. The summed E-state index contributed by atoms with van der Waals surface area (Å²) in [5.74, 6) is 1.64. The molecule has 1 atom stereocenters. The first-order valence-corrected chi connectivity index (χ1v) is 11.8. The number of hydrogen-bond donors (Lipinski definition) is 1. The Morgan fingerprint density at radius 3 is 2.19 bits per heavy atom. The zero-order valence-electron chi connectivity index (χ0n) is 19.2. The number of benzene rings is 3. The minimum atomic E-state index is 0.176. The number of nitrogens with zero attached hydrogens (tertiary/aromatic N) is 1. The Labute approximate surface area is 192 Å². The molecule has 32 heavy (non-hydrogen) atoms. The predicted octanol–water partition coefficient (Wildman–Crippen LogP) is 5.54. The van der Waals surface area contributed by atoms with E-state index in [4.69, 9.17) is 9.47 Å². The van der Waals surface area contributed by atoms with Crippen LogP contribution in [-0.2, 0) is 0 Å². The fourth-order valence-electron chi connectivity index (χ4n) is 4.47. The molecule has 0 radical (unpaired) electrons. The van der Waals surface area contributed by atoms with Crippen LogP contribution in [0, 0.1) is 0 Å². The third kappa shape index (κ3) is 5.32. The van der Waals surface area contributed by atoms with Crippen molar-refractivity contribution in [3.8, 4) is 22.6 Å². The van der Waals surface area contributed by atoms with Gasteiger partial charge in [-0.25, -0.2) is 0 Å². The predicted molar refractivity (Wildman–Crippen MR) is 132 cm³/mol. The molecule has 0 amide bonds. The number of hydrogen-bond acceptors (Lipinski definition) is 4. The molecule has 0 aliphatic carbocycles. The maximum atomic E-state index is 5.95. The lowest BCUT2D eigenvalue weighted by Crippen LogP contribution is -2.33. The van der Waals surface area contributed by atoms with Crippen LogP contribution in [0.1, 0.15) is 37.4 Å². The molecule has 3 aromatic carbocycles. The van der Waals surface area contributed by atoms with Crippen LogP contribution in [0.2, 0.25) is 0 Å². The largest absolute Gasteiger partial charge is 0.490 e. The molecule has 1 saturated heterocycles. The van der Waals surface area contributed by atoms with Crippen molar-refractivity contribution in [2.75, 3.05) is 39.4 Å². The van der Waals surface area contributed by atoms with Gasteiger partial charge in [0.25, 0.3) is 0 Å². The van der Waals surface area contributed by atoms with Gasteiger partial charge in [0.2, 0.25) is 0 Å². The highest BCUT2D eigenvalue weighted by molar-refractivity contribution is 5.63. The van der Waals surface area contributed by atoms with E-state index in [1.807, 2.05) is 13.8 Å². The Morgan fingerprint density at radius 1 is 0.750 bits per heavy atom. The summed E-state index contributed by atoms with van der Waals surface area (Å²) in [6.07, 6.45) is 1.15. The van der Waals surface area contributed by atoms with Gasteiger partial charge in [-0.15, -0.1) is 0 Å². The normalized spacial score (nSPS) is 15.7. The summed E-state index contributed by atoms with van der Waals surface area (Å²) in [6, 6.07) is 26.2. The average molecular weight is 431 g/mol. The third-order valence-electron chi connectivity index (χ3n) is 5.96. The summed E-state index contributed by atoms with van der Waals surface area (Å²) in [6.45, 7) is 9.43. The lowest BCUT2D eigenvalue weighted by Gasteiger charge is -2.32. The summed E-state index contributed by atoms with van der Waals surface area (Å²) in [5, 5.41) is 3.54. The molecule has 1 aliphatic rings. The smallest absolute Gasteiger partial charge is 0.161 e. The Bertz CT molecular complexity index is 964. The van der Waals surface area contributed by atoms with Crippen LogP contribution in [0.5, 0.6) is 11.5 Å². The van der Waals surface area contributed by atoms with E-state index >= 15 is 0 Å². The first-order chi connectivity index (χ1) is 15.8. The van der Waals surface area contributed by atoms with E-state index in [0.29, 0.717) is 13.2 Å². The van der Waals surface area contributed by atoms with Crippen LogP contribution in [0.15, 0.2) is 72.8 Å². The molecule has 1 fully saturated rings. The van der Waals surface area contributed by atoms with Crippen molar-refractivity contribution in [1.29, 1.82) is 0 Å². The second-order valence-electron chi connectivity index (χ2n) is 8.10. The SMILES string of the molecule is CCOc1ccc(C(c2ccc(-c3ccccc3)cc2)N2CCCNCC2)cc1OCC. The summed E-state index contributed by atoms with van der Waals surface area (Å²) in [7, 11) is 0. The van der Waals surface area contributed by atoms with Crippen molar-refractivity contribution in [2.45, 2.75) is 26.3 Å². The van der Waals surface area contributed by atoms with Crippen molar-refractivity contribution >= 4 is 0 Å². The summed E-state index contributed by atoms with van der Waals surface area (Å²) in [5.41, 5.74) is 5.03. The van der Waals surface area contributed by atoms with E-state index in [1.54, 1.807) is 0 Å². The molecule has 1 N–H and O–H groups in total. The number of nitrogens with one attached hydrogen (secondary N) is 1. The van der Waals surface area contributed by atoms with Crippen LogP contribution in [0.25, 0.3) is 11.1 Å². The van der Waals surface area contributed by atoms with Gasteiger partial charge in [0.05, 0.1) is 19.3 Å². The lowest BCUT2D eigenvalue weighted by atomic mass is 9.94. The van der Waals surface area contributed by atoms with Gasteiger partial charge >= 0.3 is 0 Å². The highest BCUT2D eigenvalue weighted by Crippen LogP contribution is 2.36. The fourth-order valence-corrected chi connectivity index (χ4v) is 4.47.